The molecule has 1 N–H and O–H groups in total. The van der Waals surface area contributed by atoms with Crippen molar-refractivity contribution in [3.63, 3.8) is 0 Å². The van der Waals surface area contributed by atoms with Gasteiger partial charge in [0.25, 0.3) is 0 Å². The monoisotopic (exact) mass is 253 g/mol. The summed E-state index contributed by atoms with van der Waals surface area (Å²) in [5.41, 5.74) is 0. The molecule has 0 aromatic heterocycles. The first-order chi connectivity index (χ1) is 8.88. The molecule has 108 valence electrons. The summed E-state index contributed by atoms with van der Waals surface area (Å²) < 4.78 is 0. The molecule has 1 aliphatic carbocycles. The molecular formula is C17H35N. The van der Waals surface area contributed by atoms with Crippen molar-refractivity contribution in [3.8, 4) is 0 Å². The molecule has 0 heterocycles. The van der Waals surface area contributed by atoms with Crippen LogP contribution in [0.3, 0.4) is 0 Å². The van der Waals surface area contributed by atoms with Gasteiger partial charge >= 0.3 is 0 Å². The van der Waals surface area contributed by atoms with Crippen molar-refractivity contribution >= 4 is 0 Å². The summed E-state index contributed by atoms with van der Waals surface area (Å²) in [7, 11) is 2.16. The standard InChI is InChI=1S/C17H35N/c1-3-4-5-6-7-8-10-13-16-14-11-9-12-15-17(16)18-2/h16-18H,3-15H2,1-2H3. The fourth-order valence-electron chi connectivity index (χ4n) is 3.47. The highest BCUT2D eigenvalue weighted by Gasteiger charge is 2.21. The average Bonchev–Trinajstić information content (AvgIpc) is 2.62. The Morgan fingerprint density at radius 1 is 0.833 bits per heavy atom. The van der Waals surface area contributed by atoms with E-state index in [9.17, 15) is 0 Å². The van der Waals surface area contributed by atoms with E-state index in [-0.39, 0.29) is 0 Å². The van der Waals surface area contributed by atoms with Gasteiger partial charge in [-0.2, -0.15) is 0 Å². The van der Waals surface area contributed by atoms with Crippen molar-refractivity contribution in [1.29, 1.82) is 0 Å². The highest BCUT2D eigenvalue weighted by molar-refractivity contribution is 4.78. The van der Waals surface area contributed by atoms with Crippen molar-refractivity contribution in [2.24, 2.45) is 5.92 Å². The first-order valence-electron chi connectivity index (χ1n) is 8.55. The minimum atomic E-state index is 0.813. The second-order valence-electron chi connectivity index (χ2n) is 6.20. The summed E-state index contributed by atoms with van der Waals surface area (Å²) in [5, 5.41) is 3.56. The molecule has 1 saturated carbocycles. The molecule has 1 aliphatic rings. The second kappa shape index (κ2) is 10.8. The number of unbranched alkanes of at least 4 members (excludes halogenated alkanes) is 6. The zero-order valence-corrected chi connectivity index (χ0v) is 12.8. The van der Waals surface area contributed by atoms with Crippen LogP contribution >= 0.6 is 0 Å². The Morgan fingerprint density at radius 2 is 1.50 bits per heavy atom. The van der Waals surface area contributed by atoms with E-state index in [1.807, 2.05) is 0 Å². The predicted molar refractivity (Wildman–Crippen MR) is 82.0 cm³/mol. The first kappa shape index (κ1) is 16.0. The molecular weight excluding hydrogens is 218 g/mol. The second-order valence-corrected chi connectivity index (χ2v) is 6.20. The van der Waals surface area contributed by atoms with Crippen LogP contribution in [-0.4, -0.2) is 13.1 Å². The van der Waals surface area contributed by atoms with Crippen LogP contribution < -0.4 is 5.32 Å². The Bertz CT molecular complexity index is 178. The Morgan fingerprint density at radius 3 is 2.22 bits per heavy atom. The highest BCUT2D eigenvalue weighted by Crippen LogP contribution is 2.27. The number of hydrogen-bond acceptors (Lipinski definition) is 1. The molecule has 1 heteroatoms. The summed E-state index contributed by atoms with van der Waals surface area (Å²) in [6.07, 6.45) is 18.9. The topological polar surface area (TPSA) is 12.0 Å². The molecule has 1 fully saturated rings. The summed E-state index contributed by atoms with van der Waals surface area (Å²) in [6, 6.07) is 0.813. The van der Waals surface area contributed by atoms with E-state index in [0.29, 0.717) is 0 Å². The maximum Gasteiger partial charge on any atom is 0.00923 e. The molecule has 1 nitrogen and oxygen atoms in total. The quantitative estimate of drug-likeness (QED) is 0.434. The zero-order valence-electron chi connectivity index (χ0n) is 12.8. The Labute approximate surface area is 115 Å². The highest BCUT2D eigenvalue weighted by atomic mass is 14.9. The fraction of sp³-hybridized carbons (Fsp3) is 1.00. The molecule has 2 atom stereocenters. The van der Waals surface area contributed by atoms with E-state index in [0.717, 1.165) is 12.0 Å². The summed E-state index contributed by atoms with van der Waals surface area (Å²) in [5.74, 6) is 0.966. The van der Waals surface area contributed by atoms with Gasteiger partial charge in [0, 0.05) is 6.04 Å². The molecule has 0 spiro atoms. The maximum absolute atomic E-state index is 3.56. The fourth-order valence-corrected chi connectivity index (χ4v) is 3.47. The molecule has 0 aromatic carbocycles. The van der Waals surface area contributed by atoms with Gasteiger partial charge in [0.05, 0.1) is 0 Å². The van der Waals surface area contributed by atoms with Crippen LogP contribution in [0.25, 0.3) is 0 Å². The van der Waals surface area contributed by atoms with Crippen molar-refractivity contribution in [3.05, 3.63) is 0 Å². The van der Waals surface area contributed by atoms with Gasteiger partial charge in [0.2, 0.25) is 0 Å². The molecule has 1 rings (SSSR count). The normalized spacial score (nSPS) is 25.0. The summed E-state index contributed by atoms with van der Waals surface area (Å²) in [4.78, 5) is 0. The Kier molecular flexibility index (Phi) is 9.65. The summed E-state index contributed by atoms with van der Waals surface area (Å²) >= 11 is 0. The van der Waals surface area contributed by atoms with Gasteiger partial charge in [0.1, 0.15) is 0 Å². The lowest BCUT2D eigenvalue weighted by atomic mass is 9.89. The van der Waals surface area contributed by atoms with Crippen LogP contribution in [0.1, 0.15) is 90.4 Å². The lowest BCUT2D eigenvalue weighted by Crippen LogP contribution is -2.32. The van der Waals surface area contributed by atoms with Crippen LogP contribution in [0.5, 0.6) is 0 Å². The van der Waals surface area contributed by atoms with Crippen molar-refractivity contribution < 1.29 is 0 Å². The number of rotatable bonds is 9. The third-order valence-corrected chi connectivity index (χ3v) is 4.71. The van der Waals surface area contributed by atoms with Crippen LogP contribution in [0, 0.1) is 5.92 Å². The van der Waals surface area contributed by atoms with E-state index in [1.54, 1.807) is 0 Å². The molecule has 0 aliphatic heterocycles. The third-order valence-electron chi connectivity index (χ3n) is 4.71. The van der Waals surface area contributed by atoms with Crippen molar-refractivity contribution in [2.75, 3.05) is 7.05 Å². The number of hydrogen-bond donors (Lipinski definition) is 1. The lowest BCUT2D eigenvalue weighted by molar-refractivity contribution is 0.321. The van der Waals surface area contributed by atoms with Gasteiger partial charge in [-0.3, -0.25) is 0 Å². The van der Waals surface area contributed by atoms with Crippen LogP contribution in [0.4, 0.5) is 0 Å². The van der Waals surface area contributed by atoms with Gasteiger partial charge < -0.3 is 5.32 Å². The smallest absolute Gasteiger partial charge is 0.00923 e. The predicted octanol–water partition coefficient (Wildman–Crippen LogP) is 5.30. The van der Waals surface area contributed by atoms with Gasteiger partial charge in [-0.1, -0.05) is 71.1 Å². The van der Waals surface area contributed by atoms with Gasteiger partial charge in [-0.05, 0) is 32.2 Å². The SMILES string of the molecule is CCCCCCCCCC1CCCCCC1NC. The third kappa shape index (κ3) is 6.78. The molecule has 0 saturated heterocycles. The zero-order chi connectivity index (χ0) is 13.1. The molecule has 0 amide bonds. The van der Waals surface area contributed by atoms with Crippen LogP contribution in [0.2, 0.25) is 0 Å². The molecule has 18 heavy (non-hydrogen) atoms. The largest absolute Gasteiger partial charge is 0.317 e. The molecule has 0 bridgehead atoms. The van der Waals surface area contributed by atoms with Crippen LogP contribution in [-0.2, 0) is 0 Å². The molecule has 0 radical (unpaired) electrons. The first-order valence-corrected chi connectivity index (χ1v) is 8.55. The van der Waals surface area contributed by atoms with E-state index in [1.165, 1.54) is 83.5 Å². The van der Waals surface area contributed by atoms with Gasteiger partial charge in [0.15, 0.2) is 0 Å². The minimum Gasteiger partial charge on any atom is -0.317 e. The van der Waals surface area contributed by atoms with Crippen LogP contribution in [0.15, 0.2) is 0 Å². The van der Waals surface area contributed by atoms with E-state index >= 15 is 0 Å². The van der Waals surface area contributed by atoms with Gasteiger partial charge in [-0.15, -0.1) is 0 Å². The lowest BCUT2D eigenvalue weighted by Gasteiger charge is -2.24. The van der Waals surface area contributed by atoms with E-state index in [2.05, 4.69) is 19.3 Å². The summed E-state index contributed by atoms with van der Waals surface area (Å²) in [6.45, 7) is 2.30. The molecule has 0 aromatic rings. The Balaban J connectivity index is 2.05. The van der Waals surface area contributed by atoms with Gasteiger partial charge in [-0.25, -0.2) is 0 Å². The minimum absolute atomic E-state index is 0.813. The van der Waals surface area contributed by atoms with Crippen molar-refractivity contribution in [2.45, 2.75) is 96.4 Å². The number of nitrogens with one attached hydrogen (secondary N) is 1. The van der Waals surface area contributed by atoms with Crippen molar-refractivity contribution in [1.82, 2.24) is 5.32 Å². The Hall–Kier alpha value is -0.0400. The average molecular weight is 253 g/mol. The molecule has 2 unspecified atom stereocenters. The van der Waals surface area contributed by atoms with E-state index < -0.39 is 0 Å². The van der Waals surface area contributed by atoms with E-state index in [4.69, 9.17) is 0 Å². The maximum atomic E-state index is 3.56.